The summed E-state index contributed by atoms with van der Waals surface area (Å²) in [6, 6.07) is 15.3. The van der Waals surface area contributed by atoms with Gasteiger partial charge in [-0.3, -0.25) is 15.0 Å². The number of hydrogen-bond donors (Lipinski definition) is 2. The normalized spacial score (nSPS) is 23.5. The summed E-state index contributed by atoms with van der Waals surface area (Å²) < 4.78 is 0. The lowest BCUT2D eigenvalue weighted by Gasteiger charge is -2.52. The maximum atomic E-state index is 14.0. The maximum absolute atomic E-state index is 14.0. The fourth-order valence-corrected chi connectivity index (χ4v) is 5.36. The second-order valence-electron chi connectivity index (χ2n) is 8.85. The molecule has 0 bridgehead atoms. The van der Waals surface area contributed by atoms with Crippen LogP contribution in [0.5, 0.6) is 0 Å². The molecule has 32 heavy (non-hydrogen) atoms. The van der Waals surface area contributed by atoms with Crippen molar-refractivity contribution in [2.75, 3.05) is 0 Å². The Kier molecular flexibility index (Phi) is 7.86. The zero-order chi connectivity index (χ0) is 23.5. The van der Waals surface area contributed by atoms with E-state index in [1.165, 1.54) is 0 Å². The number of rotatable bonds is 7. The van der Waals surface area contributed by atoms with Crippen molar-refractivity contribution in [2.45, 2.75) is 64.5 Å². The van der Waals surface area contributed by atoms with Gasteiger partial charge in [0.05, 0.1) is 11.5 Å². The minimum atomic E-state index is -0.887. The largest absolute Gasteiger partial charge is 0.332 e. The van der Waals surface area contributed by atoms with Gasteiger partial charge in [0, 0.05) is 28.4 Å². The van der Waals surface area contributed by atoms with Crippen molar-refractivity contribution >= 4 is 35.0 Å². The molecule has 1 aliphatic rings. The van der Waals surface area contributed by atoms with E-state index in [2.05, 4.69) is 19.3 Å². The summed E-state index contributed by atoms with van der Waals surface area (Å²) in [5.41, 5.74) is 3.37. The monoisotopic (exact) mass is 475 g/mol. The smallest absolute Gasteiger partial charge is 0.234 e. The Hall–Kier alpha value is -2.08. The van der Waals surface area contributed by atoms with E-state index >= 15 is 0 Å². The molecular weight excluding hydrogens is 445 g/mol. The highest BCUT2D eigenvalue weighted by Crippen LogP contribution is 2.52. The lowest BCUT2D eigenvalue weighted by molar-refractivity contribution is -0.157. The molecule has 1 saturated heterocycles. The third kappa shape index (κ3) is 4.95. The molecule has 0 aromatic heterocycles. The van der Waals surface area contributed by atoms with Gasteiger partial charge in [-0.1, -0.05) is 68.2 Å². The molecule has 0 radical (unpaired) electrons. The number of piperidine rings is 1. The van der Waals surface area contributed by atoms with Crippen molar-refractivity contribution in [3.05, 3.63) is 69.7 Å². The van der Waals surface area contributed by atoms with Crippen LogP contribution in [0.25, 0.3) is 0 Å². The first-order valence-corrected chi connectivity index (χ1v) is 11.8. The first kappa shape index (κ1) is 24.6. The van der Waals surface area contributed by atoms with Gasteiger partial charge in [0.2, 0.25) is 11.8 Å². The van der Waals surface area contributed by atoms with E-state index < -0.39 is 5.41 Å². The molecule has 0 saturated carbocycles. The predicted molar refractivity (Wildman–Crippen MR) is 129 cm³/mol. The number of benzene rings is 2. The van der Waals surface area contributed by atoms with Crippen LogP contribution < -0.4 is 11.3 Å². The van der Waals surface area contributed by atoms with Crippen LogP contribution in [0.2, 0.25) is 10.0 Å². The van der Waals surface area contributed by atoms with Gasteiger partial charge in [0.1, 0.15) is 0 Å². The minimum Gasteiger partial charge on any atom is -0.332 e. The number of nitrogens with two attached hydrogens (primary N) is 1. The molecule has 3 N–H and O–H groups in total. The Labute approximate surface area is 200 Å². The standard InChI is InChI=1S/C25H31Cl2N3O2/c1-4-20(5-2)30-23(16-9-11-18(26)12-10-16)21(17-7-6-8-19(27)13-17)14-25(3,24(30)32)15-22(31)29-28/h6-13,20-21,23H,4-5,14-15,28H2,1-3H3,(H,29,31)/t21-,23-,25+/m1/s1. The molecule has 1 aliphatic heterocycles. The molecule has 172 valence electrons. The zero-order valence-electron chi connectivity index (χ0n) is 18.8. The van der Waals surface area contributed by atoms with Gasteiger partial charge in [0.25, 0.3) is 0 Å². The van der Waals surface area contributed by atoms with Crippen LogP contribution in [-0.4, -0.2) is 22.8 Å². The number of carbonyl (C=O) groups excluding carboxylic acids is 2. The third-order valence-corrected chi connectivity index (χ3v) is 7.13. The molecule has 3 rings (SSSR count). The van der Waals surface area contributed by atoms with E-state index in [1.807, 2.05) is 60.4 Å². The highest BCUT2D eigenvalue weighted by Gasteiger charge is 2.51. The Balaban J connectivity index is 2.21. The summed E-state index contributed by atoms with van der Waals surface area (Å²) in [5, 5.41) is 1.29. The maximum Gasteiger partial charge on any atom is 0.234 e. The number of halogens is 2. The molecule has 0 unspecified atom stereocenters. The zero-order valence-corrected chi connectivity index (χ0v) is 20.3. The van der Waals surface area contributed by atoms with Crippen LogP contribution in [0.4, 0.5) is 0 Å². The Bertz CT molecular complexity index is 962. The van der Waals surface area contributed by atoms with E-state index in [0.717, 1.165) is 24.0 Å². The van der Waals surface area contributed by atoms with Crippen molar-refractivity contribution in [1.29, 1.82) is 0 Å². The number of carbonyl (C=O) groups is 2. The number of nitrogens with zero attached hydrogens (tertiary/aromatic N) is 1. The van der Waals surface area contributed by atoms with Gasteiger partial charge in [-0.2, -0.15) is 0 Å². The summed E-state index contributed by atoms with van der Waals surface area (Å²) in [7, 11) is 0. The molecule has 1 fully saturated rings. The van der Waals surface area contributed by atoms with Crippen LogP contribution in [0.15, 0.2) is 48.5 Å². The predicted octanol–water partition coefficient (Wildman–Crippen LogP) is 5.63. The first-order chi connectivity index (χ1) is 15.2. The van der Waals surface area contributed by atoms with E-state index in [0.29, 0.717) is 16.5 Å². The number of hydrogen-bond acceptors (Lipinski definition) is 3. The van der Waals surface area contributed by atoms with Crippen molar-refractivity contribution in [3.8, 4) is 0 Å². The fraction of sp³-hybridized carbons (Fsp3) is 0.440. The summed E-state index contributed by atoms with van der Waals surface area (Å²) in [6.07, 6.45) is 2.16. The topological polar surface area (TPSA) is 75.4 Å². The summed E-state index contributed by atoms with van der Waals surface area (Å²) in [4.78, 5) is 28.3. The molecule has 7 heteroatoms. The van der Waals surface area contributed by atoms with E-state index in [-0.39, 0.29) is 36.2 Å². The Morgan fingerprint density at radius 2 is 1.78 bits per heavy atom. The van der Waals surface area contributed by atoms with Gasteiger partial charge in [-0.15, -0.1) is 0 Å². The highest BCUT2D eigenvalue weighted by molar-refractivity contribution is 6.30. The average molecular weight is 476 g/mol. The minimum absolute atomic E-state index is 0.0203. The van der Waals surface area contributed by atoms with Gasteiger partial charge in [-0.25, -0.2) is 5.84 Å². The second-order valence-corrected chi connectivity index (χ2v) is 9.72. The molecule has 2 amide bonds. The van der Waals surface area contributed by atoms with E-state index in [4.69, 9.17) is 29.0 Å². The third-order valence-electron chi connectivity index (χ3n) is 6.64. The Morgan fingerprint density at radius 3 is 2.34 bits per heavy atom. The Morgan fingerprint density at radius 1 is 1.12 bits per heavy atom. The van der Waals surface area contributed by atoms with E-state index in [9.17, 15) is 9.59 Å². The van der Waals surface area contributed by atoms with Crippen molar-refractivity contribution in [3.63, 3.8) is 0 Å². The van der Waals surface area contributed by atoms with Gasteiger partial charge in [0.15, 0.2) is 0 Å². The molecule has 3 atom stereocenters. The lowest BCUT2D eigenvalue weighted by Crippen LogP contribution is -2.56. The molecule has 0 aliphatic carbocycles. The molecule has 2 aromatic rings. The van der Waals surface area contributed by atoms with Gasteiger partial charge < -0.3 is 4.90 Å². The number of likely N-dealkylation sites (tertiary alicyclic amines) is 1. The number of hydrazine groups is 1. The average Bonchev–Trinajstić information content (AvgIpc) is 2.78. The summed E-state index contributed by atoms with van der Waals surface area (Å²) in [5.74, 6) is 4.96. The fourth-order valence-electron chi connectivity index (χ4n) is 5.03. The van der Waals surface area contributed by atoms with Crippen molar-refractivity contribution in [1.82, 2.24) is 10.3 Å². The quantitative estimate of drug-likeness (QED) is 0.309. The van der Waals surface area contributed by atoms with Crippen LogP contribution in [0, 0.1) is 5.41 Å². The number of nitrogens with one attached hydrogen (secondary N) is 1. The second kappa shape index (κ2) is 10.2. The van der Waals surface area contributed by atoms with Crippen molar-refractivity contribution < 1.29 is 9.59 Å². The molecule has 5 nitrogen and oxygen atoms in total. The van der Waals surface area contributed by atoms with E-state index in [1.54, 1.807) is 0 Å². The van der Waals surface area contributed by atoms with Crippen LogP contribution in [0.1, 0.15) is 69.5 Å². The van der Waals surface area contributed by atoms with Crippen LogP contribution in [-0.2, 0) is 9.59 Å². The molecular formula is C25H31Cl2N3O2. The molecule has 2 aromatic carbocycles. The summed E-state index contributed by atoms with van der Waals surface area (Å²) in [6.45, 7) is 6.05. The lowest BCUT2D eigenvalue weighted by atomic mass is 9.66. The molecule has 1 heterocycles. The number of amides is 2. The van der Waals surface area contributed by atoms with Gasteiger partial charge in [-0.05, 0) is 54.7 Å². The van der Waals surface area contributed by atoms with Crippen LogP contribution >= 0.6 is 23.2 Å². The van der Waals surface area contributed by atoms with Crippen LogP contribution in [0.3, 0.4) is 0 Å². The first-order valence-electron chi connectivity index (χ1n) is 11.1. The summed E-state index contributed by atoms with van der Waals surface area (Å²) >= 11 is 12.5. The molecule has 0 spiro atoms. The van der Waals surface area contributed by atoms with Crippen molar-refractivity contribution in [2.24, 2.45) is 11.3 Å². The highest BCUT2D eigenvalue weighted by atomic mass is 35.5. The SMILES string of the molecule is CCC(CC)N1C(=O)[C@](C)(CC(=O)NN)C[C@H](c2cccc(Cl)c2)[C@H]1c1ccc(Cl)cc1. The van der Waals surface area contributed by atoms with Gasteiger partial charge >= 0.3 is 0 Å².